The van der Waals surface area contributed by atoms with Gasteiger partial charge in [0.05, 0.1) is 17.8 Å². The smallest absolute Gasteiger partial charge is 0.320 e. The molecule has 2 saturated carbocycles. The van der Waals surface area contributed by atoms with Crippen LogP contribution >= 0.6 is 0 Å². The molecule has 4 aliphatic rings. The van der Waals surface area contributed by atoms with E-state index in [1.807, 2.05) is 13.8 Å². The van der Waals surface area contributed by atoms with Crippen molar-refractivity contribution in [3.8, 4) is 0 Å². The molecule has 26 heavy (non-hydrogen) atoms. The van der Waals surface area contributed by atoms with E-state index in [2.05, 4.69) is 0 Å². The van der Waals surface area contributed by atoms with E-state index in [4.69, 9.17) is 9.47 Å². The van der Waals surface area contributed by atoms with Gasteiger partial charge < -0.3 is 14.6 Å². The van der Waals surface area contributed by atoms with Crippen LogP contribution < -0.4 is 0 Å². The zero-order valence-electron chi connectivity index (χ0n) is 15.5. The fourth-order valence-electron chi connectivity index (χ4n) is 6.21. The summed E-state index contributed by atoms with van der Waals surface area (Å²) in [5.41, 5.74) is -2.85. The van der Waals surface area contributed by atoms with Crippen molar-refractivity contribution in [2.45, 2.75) is 64.6 Å². The van der Waals surface area contributed by atoms with Gasteiger partial charge in [-0.25, -0.2) is 0 Å². The molecule has 1 saturated heterocycles. The number of cyclic esters (lactones) is 1. The van der Waals surface area contributed by atoms with Crippen molar-refractivity contribution in [1.29, 1.82) is 0 Å². The van der Waals surface area contributed by atoms with Crippen LogP contribution in [-0.4, -0.2) is 34.5 Å². The number of Topliss-reactive ketones (excluding diaryl/α,β-unsaturated/α-hetero) is 1. The molecule has 0 unspecified atom stereocenters. The molecule has 142 valence electrons. The summed E-state index contributed by atoms with van der Waals surface area (Å²) in [6.07, 6.45) is 5.06. The van der Waals surface area contributed by atoms with Gasteiger partial charge in [-0.15, -0.1) is 0 Å². The summed E-state index contributed by atoms with van der Waals surface area (Å²) in [5, 5.41) is 11.8. The van der Waals surface area contributed by atoms with Crippen molar-refractivity contribution in [1.82, 2.24) is 0 Å². The van der Waals surface area contributed by atoms with Crippen LogP contribution in [0.4, 0.5) is 0 Å². The maximum Gasteiger partial charge on any atom is 0.320 e. The lowest BCUT2D eigenvalue weighted by molar-refractivity contribution is -0.216. The molecule has 6 heteroatoms. The Hall–Kier alpha value is -1.69. The number of ketones is 1. The largest absolute Gasteiger partial charge is 0.461 e. The number of rotatable bonds is 3. The third kappa shape index (κ3) is 1.99. The minimum atomic E-state index is -1.17. The van der Waals surface area contributed by atoms with Crippen molar-refractivity contribution < 1.29 is 29.0 Å². The monoisotopic (exact) mass is 362 g/mol. The molecular weight excluding hydrogens is 336 g/mol. The van der Waals surface area contributed by atoms with Crippen LogP contribution in [0, 0.1) is 28.6 Å². The SMILES string of the molecule is C[C@@H]1C[C@H]2OC(=O)[C@@]3(C)C(=O)CC[C@@](C)([C@@H]23)[C@@]1(O)CC[C@@H]1C=COC1=O. The van der Waals surface area contributed by atoms with E-state index in [9.17, 15) is 19.5 Å². The Morgan fingerprint density at radius 3 is 2.65 bits per heavy atom. The summed E-state index contributed by atoms with van der Waals surface area (Å²) in [5.74, 6) is -1.57. The number of carbonyl (C=O) groups is 3. The van der Waals surface area contributed by atoms with E-state index < -0.39 is 22.4 Å². The van der Waals surface area contributed by atoms with Crippen LogP contribution in [0.25, 0.3) is 0 Å². The van der Waals surface area contributed by atoms with Crippen LogP contribution in [0.2, 0.25) is 0 Å². The first-order valence-electron chi connectivity index (χ1n) is 9.48. The normalized spacial score (nSPS) is 49.8. The summed E-state index contributed by atoms with van der Waals surface area (Å²) in [4.78, 5) is 37.0. The van der Waals surface area contributed by atoms with Crippen LogP contribution in [0.15, 0.2) is 12.3 Å². The highest BCUT2D eigenvalue weighted by Gasteiger charge is 2.73. The molecule has 2 aliphatic carbocycles. The van der Waals surface area contributed by atoms with E-state index in [1.165, 1.54) is 6.26 Å². The van der Waals surface area contributed by atoms with Crippen molar-refractivity contribution in [2.75, 3.05) is 0 Å². The molecule has 3 fully saturated rings. The van der Waals surface area contributed by atoms with Crippen LogP contribution in [-0.2, 0) is 23.9 Å². The lowest BCUT2D eigenvalue weighted by atomic mass is 9.43. The second-order valence-electron chi connectivity index (χ2n) is 8.94. The number of aliphatic hydroxyl groups is 1. The summed E-state index contributed by atoms with van der Waals surface area (Å²) < 4.78 is 10.5. The van der Waals surface area contributed by atoms with E-state index in [0.29, 0.717) is 25.7 Å². The second-order valence-corrected chi connectivity index (χ2v) is 8.94. The summed E-state index contributed by atoms with van der Waals surface area (Å²) in [6.45, 7) is 5.66. The molecule has 0 radical (unpaired) electrons. The number of carbonyl (C=O) groups excluding carboxylic acids is 3. The van der Waals surface area contributed by atoms with Crippen molar-refractivity contribution in [3.63, 3.8) is 0 Å². The van der Waals surface area contributed by atoms with Gasteiger partial charge in [-0.2, -0.15) is 0 Å². The molecule has 0 bridgehead atoms. The zero-order valence-corrected chi connectivity index (χ0v) is 15.5. The third-order valence-corrected chi connectivity index (χ3v) is 7.84. The van der Waals surface area contributed by atoms with Gasteiger partial charge >= 0.3 is 11.9 Å². The third-order valence-electron chi connectivity index (χ3n) is 7.84. The molecule has 2 aliphatic heterocycles. The molecule has 0 aromatic rings. The predicted molar refractivity (Wildman–Crippen MR) is 90.5 cm³/mol. The van der Waals surface area contributed by atoms with Gasteiger partial charge in [-0.1, -0.05) is 13.8 Å². The van der Waals surface area contributed by atoms with E-state index in [1.54, 1.807) is 13.0 Å². The first-order chi connectivity index (χ1) is 12.1. The molecule has 1 N–H and O–H groups in total. The molecule has 2 heterocycles. The van der Waals surface area contributed by atoms with Crippen molar-refractivity contribution in [2.24, 2.45) is 28.6 Å². The average Bonchev–Trinajstić information content (AvgIpc) is 3.10. The first-order valence-corrected chi connectivity index (χ1v) is 9.48. The lowest BCUT2D eigenvalue weighted by Gasteiger charge is -2.60. The first kappa shape index (κ1) is 17.7. The average molecular weight is 362 g/mol. The number of ether oxygens (including phenoxy) is 2. The Bertz CT molecular complexity index is 713. The van der Waals surface area contributed by atoms with E-state index in [-0.39, 0.29) is 42.0 Å². The van der Waals surface area contributed by atoms with E-state index >= 15 is 0 Å². The maximum absolute atomic E-state index is 12.6. The van der Waals surface area contributed by atoms with Gasteiger partial charge in [0.15, 0.2) is 0 Å². The Labute approximate surface area is 152 Å². The Balaban J connectivity index is 1.69. The quantitative estimate of drug-likeness (QED) is 0.611. The van der Waals surface area contributed by atoms with Gasteiger partial charge in [0, 0.05) is 17.8 Å². The summed E-state index contributed by atoms with van der Waals surface area (Å²) in [6, 6.07) is 0. The van der Waals surface area contributed by atoms with Gasteiger partial charge in [0.25, 0.3) is 0 Å². The fourth-order valence-corrected chi connectivity index (χ4v) is 6.21. The highest BCUT2D eigenvalue weighted by molar-refractivity contribution is 6.06. The number of hydrogen-bond donors (Lipinski definition) is 1. The van der Waals surface area contributed by atoms with Gasteiger partial charge in [-0.3, -0.25) is 14.4 Å². The van der Waals surface area contributed by atoms with Gasteiger partial charge in [0.1, 0.15) is 17.3 Å². The van der Waals surface area contributed by atoms with Crippen molar-refractivity contribution >= 4 is 17.7 Å². The molecule has 4 rings (SSSR count). The Morgan fingerprint density at radius 1 is 1.27 bits per heavy atom. The molecule has 7 atom stereocenters. The Kier molecular flexibility index (Phi) is 3.69. The van der Waals surface area contributed by atoms with Gasteiger partial charge in [-0.05, 0) is 44.6 Å². The summed E-state index contributed by atoms with van der Waals surface area (Å²) in [7, 11) is 0. The van der Waals surface area contributed by atoms with Gasteiger partial charge in [0.2, 0.25) is 0 Å². The predicted octanol–water partition coefficient (Wildman–Crippen LogP) is 2.14. The molecule has 0 aromatic carbocycles. The molecule has 0 spiro atoms. The van der Waals surface area contributed by atoms with Crippen LogP contribution in [0.5, 0.6) is 0 Å². The highest BCUT2D eigenvalue weighted by atomic mass is 16.6. The van der Waals surface area contributed by atoms with Crippen molar-refractivity contribution in [3.05, 3.63) is 12.3 Å². The number of hydrogen-bond acceptors (Lipinski definition) is 6. The molecule has 0 aromatic heterocycles. The lowest BCUT2D eigenvalue weighted by Crippen LogP contribution is -2.66. The minimum Gasteiger partial charge on any atom is -0.461 e. The topological polar surface area (TPSA) is 89.9 Å². The zero-order chi connectivity index (χ0) is 18.9. The highest BCUT2D eigenvalue weighted by Crippen LogP contribution is 2.66. The fraction of sp³-hybridized carbons (Fsp3) is 0.750. The minimum absolute atomic E-state index is 0.0771. The molecule has 6 nitrogen and oxygen atoms in total. The standard InChI is InChI=1S/C20H26O6/c1-11-10-13-15-18(2,7-5-14(21)19(15,3)17(23)26-13)20(11,24)8-4-12-6-9-25-16(12)22/h6,9,11-13,15,24H,4-5,7-8,10H2,1-3H3/t11-,12-,13-,15-,18+,19+,20-/m1/s1. The molecule has 0 amide bonds. The van der Waals surface area contributed by atoms with Crippen LogP contribution in [0.1, 0.15) is 52.9 Å². The van der Waals surface area contributed by atoms with E-state index in [0.717, 1.165) is 0 Å². The molecular formula is C20H26O6. The van der Waals surface area contributed by atoms with Crippen LogP contribution in [0.3, 0.4) is 0 Å². The second kappa shape index (κ2) is 5.41. The maximum atomic E-state index is 12.6. The summed E-state index contributed by atoms with van der Waals surface area (Å²) >= 11 is 0. The number of esters is 2. The Morgan fingerprint density at radius 2 is 2.00 bits per heavy atom.